The van der Waals surface area contributed by atoms with Crippen molar-refractivity contribution in [3.05, 3.63) is 35.4 Å². The Hall–Kier alpha value is -1.35. The zero-order chi connectivity index (χ0) is 12.3. The predicted octanol–water partition coefficient (Wildman–Crippen LogP) is 1.92. The van der Waals surface area contributed by atoms with Crippen LogP contribution in [0.5, 0.6) is 0 Å². The van der Waals surface area contributed by atoms with Gasteiger partial charge in [0.1, 0.15) is 0 Å². The lowest BCUT2D eigenvalue weighted by Crippen LogP contribution is -2.41. The summed E-state index contributed by atoms with van der Waals surface area (Å²) in [6.07, 6.45) is 2.04. The second kappa shape index (κ2) is 5.32. The molecule has 1 saturated heterocycles. The van der Waals surface area contributed by atoms with Crippen LogP contribution >= 0.6 is 0 Å². The topological polar surface area (TPSA) is 41.1 Å². The molecule has 1 aliphatic heterocycles. The minimum atomic E-state index is 0.00136. The predicted molar refractivity (Wildman–Crippen MR) is 68.8 cm³/mol. The first-order chi connectivity index (χ1) is 8.18. The van der Waals surface area contributed by atoms with Crippen LogP contribution in [0.4, 0.5) is 0 Å². The van der Waals surface area contributed by atoms with E-state index in [0.717, 1.165) is 19.4 Å². The third kappa shape index (κ3) is 2.86. The minimum absolute atomic E-state index is 0.00136. The van der Waals surface area contributed by atoms with Crippen molar-refractivity contribution in [2.75, 3.05) is 6.54 Å². The number of rotatable bonds is 3. The van der Waals surface area contributed by atoms with E-state index in [1.165, 1.54) is 11.1 Å². The molecule has 1 unspecified atom stereocenters. The maximum Gasteiger partial charge on any atom is 0.237 e. The average Bonchev–Trinajstić information content (AvgIpc) is 2.82. The van der Waals surface area contributed by atoms with Crippen molar-refractivity contribution >= 4 is 5.91 Å². The molecule has 92 valence electrons. The van der Waals surface area contributed by atoms with Gasteiger partial charge in [-0.1, -0.05) is 24.3 Å². The van der Waals surface area contributed by atoms with E-state index in [9.17, 15) is 4.79 Å². The first-order valence-electron chi connectivity index (χ1n) is 6.28. The number of carbonyl (C=O) groups is 1. The summed E-state index contributed by atoms with van der Waals surface area (Å²) in [5.41, 5.74) is 2.42. The maximum atomic E-state index is 12.0. The molecule has 2 atom stereocenters. The molecule has 1 aromatic rings. The van der Waals surface area contributed by atoms with Gasteiger partial charge < -0.3 is 10.6 Å². The van der Waals surface area contributed by atoms with Gasteiger partial charge in [0.25, 0.3) is 0 Å². The van der Waals surface area contributed by atoms with Crippen LogP contribution in [-0.4, -0.2) is 18.5 Å². The van der Waals surface area contributed by atoms with Gasteiger partial charge in [0.2, 0.25) is 5.91 Å². The van der Waals surface area contributed by atoms with Crippen LogP contribution in [0.3, 0.4) is 0 Å². The van der Waals surface area contributed by atoms with E-state index in [1.807, 2.05) is 19.1 Å². The molecule has 1 amide bonds. The SMILES string of the molecule is Cc1ccccc1[C@H](C)NC(=O)C1CCCN1. The Labute approximate surface area is 103 Å². The lowest BCUT2D eigenvalue weighted by Gasteiger charge is -2.19. The Morgan fingerprint density at radius 3 is 2.88 bits per heavy atom. The van der Waals surface area contributed by atoms with E-state index in [2.05, 4.69) is 29.7 Å². The largest absolute Gasteiger partial charge is 0.348 e. The number of carbonyl (C=O) groups excluding carboxylic acids is 1. The number of benzene rings is 1. The van der Waals surface area contributed by atoms with Crippen molar-refractivity contribution in [2.24, 2.45) is 0 Å². The third-order valence-corrected chi connectivity index (χ3v) is 3.39. The highest BCUT2D eigenvalue weighted by molar-refractivity contribution is 5.82. The molecule has 0 aliphatic carbocycles. The Kier molecular flexibility index (Phi) is 3.79. The zero-order valence-corrected chi connectivity index (χ0v) is 10.5. The van der Waals surface area contributed by atoms with E-state index >= 15 is 0 Å². The molecule has 1 aliphatic rings. The van der Waals surface area contributed by atoms with Crippen molar-refractivity contribution in [1.82, 2.24) is 10.6 Å². The highest BCUT2D eigenvalue weighted by Gasteiger charge is 2.23. The fraction of sp³-hybridized carbons (Fsp3) is 0.500. The maximum absolute atomic E-state index is 12.0. The van der Waals surface area contributed by atoms with Crippen LogP contribution in [0.2, 0.25) is 0 Å². The summed E-state index contributed by atoms with van der Waals surface area (Å²) in [4.78, 5) is 12.0. The summed E-state index contributed by atoms with van der Waals surface area (Å²) in [5, 5.41) is 6.29. The normalized spacial score (nSPS) is 21.2. The summed E-state index contributed by atoms with van der Waals surface area (Å²) < 4.78 is 0. The molecule has 0 saturated carbocycles. The van der Waals surface area contributed by atoms with Crippen molar-refractivity contribution in [3.8, 4) is 0 Å². The molecule has 0 bridgehead atoms. The molecule has 3 nitrogen and oxygen atoms in total. The number of hydrogen-bond donors (Lipinski definition) is 2. The molecule has 1 heterocycles. The quantitative estimate of drug-likeness (QED) is 0.836. The zero-order valence-electron chi connectivity index (χ0n) is 10.5. The third-order valence-electron chi connectivity index (χ3n) is 3.39. The Bertz CT molecular complexity index is 397. The highest BCUT2D eigenvalue weighted by atomic mass is 16.2. The average molecular weight is 232 g/mol. The van der Waals surface area contributed by atoms with Gasteiger partial charge in [0, 0.05) is 0 Å². The minimum Gasteiger partial charge on any atom is -0.348 e. The van der Waals surface area contributed by atoms with Crippen LogP contribution in [0, 0.1) is 6.92 Å². The van der Waals surface area contributed by atoms with Crippen LogP contribution in [0.1, 0.15) is 36.9 Å². The van der Waals surface area contributed by atoms with E-state index in [1.54, 1.807) is 0 Å². The van der Waals surface area contributed by atoms with Crippen molar-refractivity contribution in [3.63, 3.8) is 0 Å². The fourth-order valence-corrected chi connectivity index (χ4v) is 2.37. The standard InChI is InChI=1S/C14H20N2O/c1-10-6-3-4-7-12(10)11(2)16-14(17)13-8-5-9-15-13/h3-4,6-7,11,13,15H,5,8-9H2,1-2H3,(H,16,17)/t11-,13?/m0/s1. The Morgan fingerprint density at radius 2 is 2.24 bits per heavy atom. The van der Waals surface area contributed by atoms with Gasteiger partial charge in [0.15, 0.2) is 0 Å². The first-order valence-corrected chi connectivity index (χ1v) is 6.28. The monoisotopic (exact) mass is 232 g/mol. The van der Waals surface area contributed by atoms with Crippen molar-refractivity contribution < 1.29 is 4.79 Å². The fourth-order valence-electron chi connectivity index (χ4n) is 2.37. The number of amides is 1. The molecule has 2 rings (SSSR count). The molecule has 1 aromatic carbocycles. The molecule has 0 spiro atoms. The second-order valence-electron chi connectivity index (χ2n) is 4.74. The molecule has 0 radical (unpaired) electrons. The first kappa shape index (κ1) is 12.1. The van der Waals surface area contributed by atoms with Crippen molar-refractivity contribution in [1.29, 1.82) is 0 Å². The number of aryl methyl sites for hydroxylation is 1. The molecule has 0 aromatic heterocycles. The molecule has 3 heteroatoms. The second-order valence-corrected chi connectivity index (χ2v) is 4.74. The molecule has 2 N–H and O–H groups in total. The van der Waals surface area contributed by atoms with E-state index in [-0.39, 0.29) is 18.0 Å². The van der Waals surface area contributed by atoms with E-state index in [0.29, 0.717) is 0 Å². The molecular formula is C14H20N2O. The van der Waals surface area contributed by atoms with Crippen LogP contribution < -0.4 is 10.6 Å². The van der Waals surface area contributed by atoms with Crippen molar-refractivity contribution in [2.45, 2.75) is 38.8 Å². The van der Waals surface area contributed by atoms with Gasteiger partial charge in [-0.3, -0.25) is 4.79 Å². The smallest absolute Gasteiger partial charge is 0.237 e. The van der Waals surface area contributed by atoms with Gasteiger partial charge in [-0.2, -0.15) is 0 Å². The summed E-state index contributed by atoms with van der Waals surface area (Å²) >= 11 is 0. The van der Waals surface area contributed by atoms with E-state index < -0.39 is 0 Å². The van der Waals surface area contributed by atoms with E-state index in [4.69, 9.17) is 0 Å². The number of hydrogen-bond acceptors (Lipinski definition) is 2. The van der Waals surface area contributed by atoms with Gasteiger partial charge in [0.05, 0.1) is 12.1 Å². The van der Waals surface area contributed by atoms with Gasteiger partial charge in [-0.25, -0.2) is 0 Å². The summed E-state index contributed by atoms with van der Waals surface area (Å²) in [6.45, 7) is 5.07. The van der Waals surface area contributed by atoms with Crippen LogP contribution in [0.15, 0.2) is 24.3 Å². The lowest BCUT2D eigenvalue weighted by atomic mass is 10.0. The summed E-state index contributed by atoms with van der Waals surface area (Å²) in [5.74, 6) is 0.123. The summed E-state index contributed by atoms with van der Waals surface area (Å²) in [7, 11) is 0. The van der Waals surface area contributed by atoms with Crippen LogP contribution in [-0.2, 0) is 4.79 Å². The molecule has 17 heavy (non-hydrogen) atoms. The summed E-state index contributed by atoms with van der Waals surface area (Å²) in [6, 6.07) is 8.26. The lowest BCUT2D eigenvalue weighted by molar-refractivity contribution is -0.123. The molecule has 1 fully saturated rings. The Balaban J connectivity index is 1.99. The number of nitrogens with one attached hydrogen (secondary N) is 2. The highest BCUT2D eigenvalue weighted by Crippen LogP contribution is 2.17. The molecular weight excluding hydrogens is 212 g/mol. The van der Waals surface area contributed by atoms with Gasteiger partial charge in [-0.15, -0.1) is 0 Å². The van der Waals surface area contributed by atoms with Gasteiger partial charge >= 0.3 is 0 Å². The van der Waals surface area contributed by atoms with Crippen LogP contribution in [0.25, 0.3) is 0 Å². The Morgan fingerprint density at radius 1 is 1.47 bits per heavy atom. The van der Waals surface area contributed by atoms with Gasteiger partial charge in [-0.05, 0) is 44.4 Å².